The van der Waals surface area contributed by atoms with E-state index in [1.165, 1.54) is 0 Å². The van der Waals surface area contributed by atoms with Crippen LogP contribution in [0.4, 0.5) is 0 Å². The molecule has 5 heteroatoms. The van der Waals surface area contributed by atoms with Crippen molar-refractivity contribution in [3.05, 3.63) is 11.1 Å². The fraction of sp³-hybridized carbons (Fsp3) is 0.722. The van der Waals surface area contributed by atoms with Crippen molar-refractivity contribution in [3.63, 3.8) is 0 Å². The molecule has 0 saturated heterocycles. The van der Waals surface area contributed by atoms with Crippen LogP contribution >= 0.6 is 0 Å². The molecule has 2 fully saturated rings. The van der Waals surface area contributed by atoms with Crippen molar-refractivity contribution in [1.29, 1.82) is 0 Å². The molecule has 0 radical (unpaired) electrons. The molecule has 0 heterocycles. The second-order valence-corrected chi connectivity index (χ2v) is 6.60. The van der Waals surface area contributed by atoms with Crippen LogP contribution in [0.5, 0.6) is 0 Å². The Morgan fingerprint density at radius 1 is 1.13 bits per heavy atom. The lowest BCUT2D eigenvalue weighted by atomic mass is 9.55. The number of esters is 2. The predicted molar refractivity (Wildman–Crippen MR) is 84.5 cm³/mol. The fourth-order valence-electron chi connectivity index (χ4n) is 3.98. The van der Waals surface area contributed by atoms with Gasteiger partial charge in [0.15, 0.2) is 5.41 Å². The van der Waals surface area contributed by atoms with Gasteiger partial charge in [-0.1, -0.05) is 11.1 Å². The first-order valence-corrected chi connectivity index (χ1v) is 8.41. The minimum Gasteiger partial charge on any atom is -0.465 e. The normalized spacial score (nSPS) is 25.7. The third-order valence-electron chi connectivity index (χ3n) is 5.16. The average molecular weight is 322 g/mol. The minimum atomic E-state index is -1.30. The molecule has 0 N–H and O–H groups in total. The van der Waals surface area contributed by atoms with Crippen LogP contribution in [-0.2, 0) is 23.9 Å². The third kappa shape index (κ3) is 2.93. The number of ether oxygens (including phenoxy) is 2. The van der Waals surface area contributed by atoms with E-state index in [1.54, 1.807) is 13.8 Å². The zero-order valence-electron chi connectivity index (χ0n) is 14.4. The van der Waals surface area contributed by atoms with Crippen LogP contribution in [0.15, 0.2) is 11.1 Å². The van der Waals surface area contributed by atoms with Gasteiger partial charge in [0.05, 0.1) is 13.2 Å². The lowest BCUT2D eigenvalue weighted by molar-refractivity contribution is -0.181. The highest BCUT2D eigenvalue weighted by atomic mass is 16.6. The monoisotopic (exact) mass is 322 g/mol. The van der Waals surface area contributed by atoms with Crippen LogP contribution < -0.4 is 0 Å². The number of hydrogen-bond acceptors (Lipinski definition) is 5. The van der Waals surface area contributed by atoms with Gasteiger partial charge in [0.25, 0.3) is 0 Å². The summed E-state index contributed by atoms with van der Waals surface area (Å²) in [6.07, 6.45) is 1.74. The van der Waals surface area contributed by atoms with E-state index in [4.69, 9.17) is 9.47 Å². The highest BCUT2D eigenvalue weighted by Crippen LogP contribution is 2.53. The fourth-order valence-corrected chi connectivity index (χ4v) is 3.98. The molecule has 5 nitrogen and oxygen atoms in total. The molecule has 0 amide bonds. The quantitative estimate of drug-likeness (QED) is 0.452. The van der Waals surface area contributed by atoms with E-state index in [1.807, 2.05) is 13.8 Å². The van der Waals surface area contributed by atoms with Crippen LogP contribution in [-0.4, -0.2) is 30.9 Å². The van der Waals surface area contributed by atoms with Gasteiger partial charge in [0, 0.05) is 12.3 Å². The highest BCUT2D eigenvalue weighted by molar-refractivity contribution is 6.02. The first kappa shape index (κ1) is 17.7. The largest absolute Gasteiger partial charge is 0.465 e. The Bertz CT molecular complexity index is 524. The number of ketones is 1. The van der Waals surface area contributed by atoms with Crippen LogP contribution in [0.2, 0.25) is 0 Å². The topological polar surface area (TPSA) is 69.7 Å². The van der Waals surface area contributed by atoms with Crippen molar-refractivity contribution in [2.45, 2.75) is 53.4 Å². The second-order valence-electron chi connectivity index (χ2n) is 6.60. The molecule has 0 aromatic carbocycles. The van der Waals surface area contributed by atoms with E-state index >= 15 is 0 Å². The summed E-state index contributed by atoms with van der Waals surface area (Å²) in [6, 6.07) is 0. The van der Waals surface area contributed by atoms with Crippen molar-refractivity contribution < 1.29 is 23.9 Å². The van der Waals surface area contributed by atoms with Crippen molar-refractivity contribution in [1.82, 2.24) is 0 Å². The molecular formula is C18H26O5. The number of carbonyl (C=O) groups is 3. The lowest BCUT2D eigenvalue weighted by Crippen LogP contribution is -2.54. The summed E-state index contributed by atoms with van der Waals surface area (Å²) in [4.78, 5) is 37.8. The summed E-state index contributed by atoms with van der Waals surface area (Å²) >= 11 is 0. The third-order valence-corrected chi connectivity index (χ3v) is 5.16. The van der Waals surface area contributed by atoms with Crippen molar-refractivity contribution in [2.75, 3.05) is 13.2 Å². The maximum atomic E-state index is 12.8. The average Bonchev–Trinajstić information content (AvgIpc) is 2.51. The Hall–Kier alpha value is -1.65. The Labute approximate surface area is 137 Å². The molecule has 2 bridgehead atoms. The number of rotatable bonds is 4. The van der Waals surface area contributed by atoms with E-state index < -0.39 is 17.4 Å². The summed E-state index contributed by atoms with van der Waals surface area (Å²) in [6.45, 7) is 7.76. The van der Waals surface area contributed by atoms with E-state index in [9.17, 15) is 14.4 Å². The molecule has 2 saturated carbocycles. The van der Waals surface area contributed by atoms with Gasteiger partial charge >= 0.3 is 11.9 Å². The molecule has 2 rings (SSSR count). The van der Waals surface area contributed by atoms with Gasteiger partial charge in [-0.25, -0.2) is 0 Å². The maximum absolute atomic E-state index is 12.8. The standard InChI is InChI=1S/C18H26O5/c1-5-22-16(20)18(17(21)23-6-2)10-14(11(3)4)13-9-12(18)7-8-15(13)19/h12-13H,5-10H2,1-4H3. The molecular weight excluding hydrogens is 296 g/mol. The maximum Gasteiger partial charge on any atom is 0.324 e. The first-order valence-electron chi connectivity index (χ1n) is 8.41. The molecule has 0 aromatic heterocycles. The number of Topliss-reactive ketones (excluding diaryl/α,β-unsaturated/α-hetero) is 1. The second kappa shape index (κ2) is 6.85. The summed E-state index contributed by atoms with van der Waals surface area (Å²) in [7, 11) is 0. The lowest BCUT2D eigenvalue weighted by Gasteiger charge is -2.46. The van der Waals surface area contributed by atoms with Crippen LogP contribution in [0.3, 0.4) is 0 Å². The predicted octanol–water partition coefficient (Wildman–Crippen LogP) is 2.82. The first-order chi connectivity index (χ1) is 10.9. The molecule has 2 atom stereocenters. The van der Waals surface area contributed by atoms with E-state index in [-0.39, 0.29) is 37.3 Å². The molecule has 0 aromatic rings. The zero-order chi connectivity index (χ0) is 17.2. The zero-order valence-corrected chi connectivity index (χ0v) is 14.4. The van der Waals surface area contributed by atoms with Gasteiger partial charge in [0.1, 0.15) is 5.78 Å². The number of allylic oxidation sites excluding steroid dienone is 2. The van der Waals surface area contributed by atoms with Crippen molar-refractivity contribution in [2.24, 2.45) is 17.3 Å². The van der Waals surface area contributed by atoms with Gasteiger partial charge in [0.2, 0.25) is 0 Å². The van der Waals surface area contributed by atoms with Crippen LogP contribution in [0.25, 0.3) is 0 Å². The Morgan fingerprint density at radius 3 is 2.17 bits per heavy atom. The SMILES string of the molecule is CCOC(=O)C1(C(=O)OCC)CC(=C(C)C)C2CC1CCC2=O. The van der Waals surface area contributed by atoms with Gasteiger partial charge in [-0.05, 0) is 52.9 Å². The van der Waals surface area contributed by atoms with E-state index in [0.717, 1.165) is 11.1 Å². The van der Waals surface area contributed by atoms with Crippen molar-refractivity contribution >= 4 is 17.7 Å². The van der Waals surface area contributed by atoms with E-state index in [2.05, 4.69) is 0 Å². The summed E-state index contributed by atoms with van der Waals surface area (Å²) in [5.74, 6) is -1.13. The molecule has 2 aliphatic rings. The van der Waals surface area contributed by atoms with Crippen LogP contribution in [0, 0.1) is 17.3 Å². The molecule has 23 heavy (non-hydrogen) atoms. The number of carbonyl (C=O) groups excluding carboxylic acids is 3. The highest BCUT2D eigenvalue weighted by Gasteiger charge is 2.60. The number of fused-ring (bicyclic) bond motifs is 2. The van der Waals surface area contributed by atoms with Gasteiger partial charge < -0.3 is 9.47 Å². The summed E-state index contributed by atoms with van der Waals surface area (Å²) in [5.41, 5.74) is 0.615. The Morgan fingerprint density at radius 2 is 1.70 bits per heavy atom. The Balaban J connectivity index is 2.52. The summed E-state index contributed by atoms with van der Waals surface area (Å²) < 4.78 is 10.5. The van der Waals surface area contributed by atoms with Crippen LogP contribution in [0.1, 0.15) is 53.4 Å². The summed E-state index contributed by atoms with van der Waals surface area (Å²) in [5, 5.41) is 0. The molecule has 0 aliphatic heterocycles. The minimum absolute atomic E-state index is 0.157. The molecule has 2 aliphatic carbocycles. The van der Waals surface area contributed by atoms with Gasteiger partial charge in [-0.15, -0.1) is 0 Å². The molecule has 128 valence electrons. The number of hydrogen-bond donors (Lipinski definition) is 0. The Kier molecular flexibility index (Phi) is 5.27. The van der Waals surface area contributed by atoms with Crippen molar-refractivity contribution in [3.8, 4) is 0 Å². The van der Waals surface area contributed by atoms with Gasteiger partial charge in [-0.2, -0.15) is 0 Å². The van der Waals surface area contributed by atoms with E-state index in [0.29, 0.717) is 19.3 Å². The smallest absolute Gasteiger partial charge is 0.324 e. The molecule has 2 unspecified atom stereocenters. The van der Waals surface area contributed by atoms with Gasteiger partial charge in [-0.3, -0.25) is 14.4 Å². The molecule has 0 spiro atoms.